The molecule has 0 aromatic carbocycles. The summed E-state index contributed by atoms with van der Waals surface area (Å²) in [5.74, 6) is -1.43. The van der Waals surface area contributed by atoms with Gasteiger partial charge in [0.1, 0.15) is 0 Å². The molecule has 20 heavy (non-hydrogen) atoms. The number of carbonyl (C=O) groups excluding carboxylic acids is 3. The zero-order valence-electron chi connectivity index (χ0n) is 12.0. The maximum absolute atomic E-state index is 11.2. The second kappa shape index (κ2) is 7.39. The van der Waals surface area contributed by atoms with E-state index < -0.39 is 26.7 Å². The average molecular weight is 304 g/mol. The first-order chi connectivity index (χ1) is 9.33. The molecule has 0 aromatic rings. The molecule has 0 unspecified atom stereocenters. The van der Waals surface area contributed by atoms with E-state index in [1.807, 2.05) is 0 Å². The molecule has 0 spiro atoms. The molecule has 0 bridgehead atoms. The minimum absolute atomic E-state index is 0.238. The van der Waals surface area contributed by atoms with Gasteiger partial charge < -0.3 is 18.0 Å². The van der Waals surface area contributed by atoms with Crippen molar-refractivity contribution in [2.45, 2.75) is 39.7 Å². The molecule has 7 nitrogen and oxygen atoms in total. The fourth-order valence-corrected chi connectivity index (χ4v) is 4.31. The Morgan fingerprint density at radius 2 is 1.45 bits per heavy atom. The number of hydrogen-bond donors (Lipinski definition) is 0. The van der Waals surface area contributed by atoms with Crippen LogP contribution in [0.3, 0.4) is 0 Å². The quantitative estimate of drug-likeness (QED) is 0.649. The van der Waals surface area contributed by atoms with Gasteiger partial charge in [0, 0.05) is 26.7 Å². The molecule has 1 aliphatic rings. The van der Waals surface area contributed by atoms with Gasteiger partial charge in [0.15, 0.2) is 0 Å². The van der Waals surface area contributed by atoms with Crippen LogP contribution in [0.4, 0.5) is 0 Å². The fraction of sp³-hybridized carbons (Fsp3) is 0.750. The van der Waals surface area contributed by atoms with E-state index in [4.69, 9.17) is 18.0 Å². The molecule has 0 atom stereocenters. The molecule has 0 aliphatic carbocycles. The summed E-state index contributed by atoms with van der Waals surface area (Å²) in [6, 6.07) is 0.238. The van der Waals surface area contributed by atoms with Crippen molar-refractivity contribution in [1.29, 1.82) is 0 Å². The van der Waals surface area contributed by atoms with Crippen LogP contribution in [0, 0.1) is 5.92 Å². The smallest absolute Gasteiger partial charge is 0.455 e. The summed E-state index contributed by atoms with van der Waals surface area (Å²) in [4.78, 5) is 33.6. The number of carbonyl (C=O) groups is 3. The molecule has 0 radical (unpaired) electrons. The lowest BCUT2D eigenvalue weighted by Crippen LogP contribution is -2.49. The summed E-state index contributed by atoms with van der Waals surface area (Å²) in [6.07, 6.45) is 1.48. The SMILES string of the molecule is CC(=O)O[Si](CCCC1COC1)(OC(C)=O)OC(C)=O. The van der Waals surface area contributed by atoms with Gasteiger partial charge in [-0.15, -0.1) is 0 Å². The predicted octanol–water partition coefficient (Wildman–Crippen LogP) is 1.04. The van der Waals surface area contributed by atoms with Gasteiger partial charge >= 0.3 is 8.80 Å². The first-order valence-electron chi connectivity index (χ1n) is 6.49. The van der Waals surface area contributed by atoms with Crippen molar-refractivity contribution in [1.82, 2.24) is 0 Å². The molecular weight excluding hydrogens is 284 g/mol. The third kappa shape index (κ3) is 5.70. The normalized spacial score (nSPS) is 15.2. The van der Waals surface area contributed by atoms with E-state index >= 15 is 0 Å². The first-order valence-corrected chi connectivity index (χ1v) is 8.42. The second-order valence-electron chi connectivity index (χ2n) is 4.76. The zero-order chi connectivity index (χ0) is 15.2. The lowest BCUT2D eigenvalue weighted by molar-refractivity contribution is -0.147. The third-order valence-corrected chi connectivity index (χ3v) is 5.46. The van der Waals surface area contributed by atoms with Crippen molar-refractivity contribution >= 4 is 26.7 Å². The van der Waals surface area contributed by atoms with Crippen molar-refractivity contribution in [2.75, 3.05) is 13.2 Å². The largest absolute Gasteiger partial charge is 0.705 e. The van der Waals surface area contributed by atoms with Crippen LogP contribution in [-0.2, 0) is 32.4 Å². The molecule has 0 saturated carbocycles. The van der Waals surface area contributed by atoms with E-state index in [0.29, 0.717) is 25.6 Å². The van der Waals surface area contributed by atoms with Crippen LogP contribution < -0.4 is 0 Å². The maximum atomic E-state index is 11.2. The van der Waals surface area contributed by atoms with Gasteiger partial charge in [-0.25, -0.2) is 0 Å². The van der Waals surface area contributed by atoms with Crippen LogP contribution in [0.5, 0.6) is 0 Å². The monoisotopic (exact) mass is 304 g/mol. The molecule has 0 N–H and O–H groups in total. The minimum atomic E-state index is -3.63. The Balaban J connectivity index is 2.67. The Morgan fingerprint density at radius 3 is 1.75 bits per heavy atom. The van der Waals surface area contributed by atoms with Gasteiger partial charge in [-0.05, 0) is 12.8 Å². The Bertz CT molecular complexity index is 337. The van der Waals surface area contributed by atoms with Crippen molar-refractivity contribution in [3.8, 4) is 0 Å². The van der Waals surface area contributed by atoms with E-state index in [0.717, 1.165) is 6.42 Å². The van der Waals surface area contributed by atoms with Crippen LogP contribution in [-0.4, -0.2) is 39.9 Å². The van der Waals surface area contributed by atoms with Crippen molar-refractivity contribution in [3.05, 3.63) is 0 Å². The van der Waals surface area contributed by atoms with Crippen LogP contribution in [0.1, 0.15) is 33.6 Å². The number of rotatable bonds is 7. The molecule has 8 heteroatoms. The first kappa shape index (κ1) is 16.6. The highest BCUT2D eigenvalue weighted by atomic mass is 28.4. The van der Waals surface area contributed by atoms with Crippen LogP contribution >= 0.6 is 0 Å². The van der Waals surface area contributed by atoms with E-state index in [1.165, 1.54) is 20.8 Å². The zero-order valence-corrected chi connectivity index (χ0v) is 13.0. The molecule has 114 valence electrons. The molecule has 1 fully saturated rings. The molecule has 1 rings (SSSR count). The lowest BCUT2D eigenvalue weighted by Gasteiger charge is -2.28. The highest BCUT2D eigenvalue weighted by Crippen LogP contribution is 2.24. The third-order valence-electron chi connectivity index (χ3n) is 2.70. The van der Waals surface area contributed by atoms with Gasteiger partial charge in [-0.2, -0.15) is 0 Å². The molecule has 1 saturated heterocycles. The van der Waals surface area contributed by atoms with E-state index in [2.05, 4.69) is 0 Å². The summed E-state index contributed by atoms with van der Waals surface area (Å²) >= 11 is 0. The summed E-state index contributed by atoms with van der Waals surface area (Å²) in [7, 11) is -3.63. The molecule has 0 amide bonds. The summed E-state index contributed by atoms with van der Waals surface area (Å²) in [5.41, 5.74) is 0. The molecule has 1 heterocycles. The van der Waals surface area contributed by atoms with Gasteiger partial charge in [-0.1, -0.05) is 0 Å². The Labute approximate surface area is 118 Å². The van der Waals surface area contributed by atoms with Crippen molar-refractivity contribution in [2.24, 2.45) is 5.92 Å². The summed E-state index contributed by atoms with van der Waals surface area (Å²) in [6.45, 7) is 4.99. The average Bonchev–Trinajstić information content (AvgIpc) is 2.18. The van der Waals surface area contributed by atoms with Crippen LogP contribution in [0.25, 0.3) is 0 Å². The fourth-order valence-electron chi connectivity index (χ4n) is 1.93. The minimum Gasteiger partial charge on any atom is -0.455 e. The Hall–Kier alpha value is -1.41. The standard InChI is InChI=1S/C12H20O7Si/c1-9(13)17-20(18-10(2)14,19-11(3)15)6-4-5-12-7-16-8-12/h12H,4-8H2,1-3H3. The highest BCUT2D eigenvalue weighted by Gasteiger charge is 2.51. The summed E-state index contributed by atoms with van der Waals surface area (Å²) < 4.78 is 20.3. The molecular formula is C12H20O7Si. The Kier molecular flexibility index (Phi) is 6.15. The van der Waals surface area contributed by atoms with Gasteiger partial charge in [0.05, 0.1) is 19.3 Å². The van der Waals surface area contributed by atoms with Crippen molar-refractivity contribution in [3.63, 3.8) is 0 Å². The second-order valence-corrected chi connectivity index (χ2v) is 7.24. The molecule has 0 aromatic heterocycles. The summed E-state index contributed by atoms with van der Waals surface area (Å²) in [5, 5.41) is 0. The van der Waals surface area contributed by atoms with Gasteiger partial charge in [0.25, 0.3) is 17.9 Å². The van der Waals surface area contributed by atoms with E-state index in [9.17, 15) is 14.4 Å². The lowest BCUT2D eigenvalue weighted by atomic mass is 10.0. The van der Waals surface area contributed by atoms with Crippen LogP contribution in [0.2, 0.25) is 6.04 Å². The van der Waals surface area contributed by atoms with E-state index in [-0.39, 0.29) is 6.04 Å². The van der Waals surface area contributed by atoms with Crippen molar-refractivity contribution < 1.29 is 32.4 Å². The number of ether oxygens (including phenoxy) is 1. The predicted molar refractivity (Wildman–Crippen MR) is 69.4 cm³/mol. The Morgan fingerprint density at radius 1 is 1.00 bits per heavy atom. The van der Waals surface area contributed by atoms with Gasteiger partial charge in [-0.3, -0.25) is 14.4 Å². The highest BCUT2D eigenvalue weighted by molar-refractivity contribution is 6.65. The van der Waals surface area contributed by atoms with E-state index in [1.54, 1.807) is 0 Å². The number of hydrogen-bond acceptors (Lipinski definition) is 7. The van der Waals surface area contributed by atoms with Gasteiger partial charge in [0.2, 0.25) is 0 Å². The maximum Gasteiger partial charge on any atom is 0.705 e. The molecule has 1 aliphatic heterocycles. The topological polar surface area (TPSA) is 88.1 Å². The van der Waals surface area contributed by atoms with Crippen LogP contribution in [0.15, 0.2) is 0 Å².